The zero-order valence-corrected chi connectivity index (χ0v) is 11.0. The van der Waals surface area contributed by atoms with E-state index in [2.05, 4.69) is 15.6 Å². The molecule has 2 N–H and O–H groups in total. The summed E-state index contributed by atoms with van der Waals surface area (Å²) in [6.45, 7) is 2.08. The van der Waals surface area contributed by atoms with Crippen molar-refractivity contribution in [2.24, 2.45) is 5.92 Å². The van der Waals surface area contributed by atoms with Gasteiger partial charge < -0.3 is 10.6 Å². The average Bonchev–Trinajstić information content (AvgIpc) is 2.95. The van der Waals surface area contributed by atoms with Gasteiger partial charge in [-0.2, -0.15) is 0 Å². The molecule has 94 valence electrons. The fourth-order valence-corrected chi connectivity index (χ4v) is 3.84. The molecule has 17 heavy (non-hydrogen) atoms. The molecular formula is C13H21N3S. The van der Waals surface area contributed by atoms with E-state index in [-0.39, 0.29) is 0 Å². The third-order valence-electron chi connectivity index (χ3n) is 4.06. The van der Waals surface area contributed by atoms with E-state index in [9.17, 15) is 0 Å². The number of nitrogens with one attached hydrogen (secondary N) is 2. The van der Waals surface area contributed by atoms with Gasteiger partial charge in [-0.25, -0.2) is 4.98 Å². The van der Waals surface area contributed by atoms with Gasteiger partial charge in [0, 0.05) is 30.2 Å². The lowest BCUT2D eigenvalue weighted by Crippen LogP contribution is -2.38. The Balaban J connectivity index is 1.34. The summed E-state index contributed by atoms with van der Waals surface area (Å²) in [5.41, 5.74) is 0. The third kappa shape index (κ3) is 3.06. The molecule has 2 aliphatic rings. The summed E-state index contributed by atoms with van der Waals surface area (Å²) in [4.78, 5) is 4.28. The van der Waals surface area contributed by atoms with E-state index in [1.807, 2.05) is 11.6 Å². The van der Waals surface area contributed by atoms with Gasteiger partial charge in [-0.3, -0.25) is 0 Å². The predicted octanol–water partition coefficient (Wildman–Crippen LogP) is 2.15. The molecule has 0 radical (unpaired) electrons. The Morgan fingerprint density at radius 2 is 2.18 bits per heavy atom. The molecule has 1 aromatic heterocycles. The average molecular weight is 251 g/mol. The van der Waals surface area contributed by atoms with Crippen LogP contribution in [0.1, 0.15) is 37.1 Å². The Kier molecular flexibility index (Phi) is 3.74. The molecular weight excluding hydrogens is 230 g/mol. The van der Waals surface area contributed by atoms with Crippen LogP contribution in [0.2, 0.25) is 0 Å². The van der Waals surface area contributed by atoms with Gasteiger partial charge >= 0.3 is 0 Å². The fourth-order valence-electron chi connectivity index (χ4n) is 3.25. The van der Waals surface area contributed by atoms with Crippen molar-refractivity contribution in [2.45, 2.75) is 50.7 Å². The SMILES string of the molecule is c1csc(CNCCC2CC3CCC(C2)N3)n1. The smallest absolute Gasteiger partial charge is 0.106 e. The van der Waals surface area contributed by atoms with E-state index in [1.54, 1.807) is 11.3 Å². The van der Waals surface area contributed by atoms with E-state index in [1.165, 1.54) is 37.1 Å². The number of thiazole rings is 1. The van der Waals surface area contributed by atoms with Gasteiger partial charge in [-0.1, -0.05) is 0 Å². The summed E-state index contributed by atoms with van der Waals surface area (Å²) >= 11 is 1.74. The molecule has 0 amide bonds. The van der Waals surface area contributed by atoms with Crippen molar-refractivity contribution in [3.8, 4) is 0 Å². The lowest BCUT2D eigenvalue weighted by molar-refractivity contribution is 0.283. The molecule has 2 fully saturated rings. The first-order valence-corrected chi connectivity index (χ1v) is 7.63. The first-order valence-electron chi connectivity index (χ1n) is 6.75. The quantitative estimate of drug-likeness (QED) is 0.787. The minimum absolute atomic E-state index is 0.831. The lowest BCUT2D eigenvalue weighted by Gasteiger charge is -2.29. The monoisotopic (exact) mass is 251 g/mol. The van der Waals surface area contributed by atoms with Crippen LogP contribution in [-0.4, -0.2) is 23.6 Å². The van der Waals surface area contributed by atoms with Crippen molar-refractivity contribution in [3.63, 3.8) is 0 Å². The molecule has 0 aliphatic carbocycles. The van der Waals surface area contributed by atoms with Crippen LogP contribution < -0.4 is 10.6 Å². The highest BCUT2D eigenvalue weighted by Gasteiger charge is 2.32. The molecule has 2 aliphatic heterocycles. The van der Waals surface area contributed by atoms with E-state index in [0.29, 0.717) is 0 Å². The van der Waals surface area contributed by atoms with Gasteiger partial charge in [0.15, 0.2) is 0 Å². The Bertz CT molecular complexity index is 326. The van der Waals surface area contributed by atoms with Crippen molar-refractivity contribution in [2.75, 3.05) is 6.54 Å². The number of aromatic nitrogens is 1. The second kappa shape index (κ2) is 5.46. The number of hydrogen-bond acceptors (Lipinski definition) is 4. The number of nitrogens with zero attached hydrogens (tertiary/aromatic N) is 1. The molecule has 2 bridgehead atoms. The summed E-state index contributed by atoms with van der Waals surface area (Å²) in [7, 11) is 0. The Morgan fingerprint density at radius 1 is 1.35 bits per heavy atom. The largest absolute Gasteiger partial charge is 0.311 e. The van der Waals surface area contributed by atoms with Crippen LogP contribution in [0.4, 0.5) is 0 Å². The van der Waals surface area contributed by atoms with Crippen LogP contribution in [0.25, 0.3) is 0 Å². The standard InChI is InChI=1S/C13H21N3S/c1-2-12-8-10(7-11(1)16-12)3-4-14-9-13-15-5-6-17-13/h5-6,10-12,14,16H,1-4,7-9H2. The molecule has 3 nitrogen and oxygen atoms in total. The lowest BCUT2D eigenvalue weighted by atomic mass is 9.90. The van der Waals surface area contributed by atoms with Gasteiger partial charge in [0.2, 0.25) is 0 Å². The Hall–Kier alpha value is -0.450. The van der Waals surface area contributed by atoms with Crippen LogP contribution in [0.5, 0.6) is 0 Å². The summed E-state index contributed by atoms with van der Waals surface area (Å²) in [5.74, 6) is 0.942. The molecule has 3 heterocycles. The number of piperidine rings is 1. The van der Waals surface area contributed by atoms with Crippen molar-refractivity contribution < 1.29 is 0 Å². The molecule has 2 unspecified atom stereocenters. The molecule has 0 saturated carbocycles. The minimum Gasteiger partial charge on any atom is -0.311 e. The van der Waals surface area contributed by atoms with Crippen molar-refractivity contribution in [1.29, 1.82) is 0 Å². The first-order chi connectivity index (χ1) is 8.40. The molecule has 3 rings (SSSR count). The molecule has 4 heteroatoms. The van der Waals surface area contributed by atoms with E-state index in [4.69, 9.17) is 0 Å². The van der Waals surface area contributed by atoms with Crippen molar-refractivity contribution >= 4 is 11.3 Å². The number of hydrogen-bond donors (Lipinski definition) is 2. The van der Waals surface area contributed by atoms with E-state index < -0.39 is 0 Å². The zero-order chi connectivity index (χ0) is 11.5. The van der Waals surface area contributed by atoms with Crippen LogP contribution in [0.15, 0.2) is 11.6 Å². The van der Waals surface area contributed by atoms with E-state index in [0.717, 1.165) is 31.1 Å². The fraction of sp³-hybridized carbons (Fsp3) is 0.769. The summed E-state index contributed by atoms with van der Waals surface area (Å²) in [6.07, 6.45) is 8.83. The summed E-state index contributed by atoms with van der Waals surface area (Å²) in [6, 6.07) is 1.66. The Labute approximate surface area is 107 Å². The topological polar surface area (TPSA) is 37.0 Å². The summed E-state index contributed by atoms with van der Waals surface area (Å²) in [5, 5.41) is 10.5. The number of rotatable bonds is 5. The van der Waals surface area contributed by atoms with Crippen LogP contribution in [0, 0.1) is 5.92 Å². The molecule has 2 saturated heterocycles. The summed E-state index contributed by atoms with van der Waals surface area (Å²) < 4.78 is 0. The van der Waals surface area contributed by atoms with Gasteiger partial charge in [-0.15, -0.1) is 11.3 Å². The van der Waals surface area contributed by atoms with Gasteiger partial charge in [0.1, 0.15) is 5.01 Å². The zero-order valence-electron chi connectivity index (χ0n) is 10.2. The van der Waals surface area contributed by atoms with Crippen LogP contribution in [-0.2, 0) is 6.54 Å². The molecule has 0 spiro atoms. The van der Waals surface area contributed by atoms with Crippen LogP contribution in [0.3, 0.4) is 0 Å². The Morgan fingerprint density at radius 3 is 2.88 bits per heavy atom. The maximum absolute atomic E-state index is 4.28. The highest BCUT2D eigenvalue weighted by atomic mass is 32.1. The maximum Gasteiger partial charge on any atom is 0.106 e. The molecule has 2 atom stereocenters. The maximum atomic E-state index is 4.28. The second-order valence-electron chi connectivity index (χ2n) is 5.37. The second-order valence-corrected chi connectivity index (χ2v) is 6.35. The number of fused-ring (bicyclic) bond motifs is 2. The molecule has 1 aromatic rings. The van der Waals surface area contributed by atoms with Crippen molar-refractivity contribution in [3.05, 3.63) is 16.6 Å². The third-order valence-corrected chi connectivity index (χ3v) is 4.84. The van der Waals surface area contributed by atoms with Gasteiger partial charge in [0.25, 0.3) is 0 Å². The normalized spacial score (nSPS) is 31.9. The van der Waals surface area contributed by atoms with Gasteiger partial charge in [-0.05, 0) is 44.6 Å². The molecule has 0 aromatic carbocycles. The van der Waals surface area contributed by atoms with E-state index >= 15 is 0 Å². The first kappa shape index (κ1) is 11.6. The highest BCUT2D eigenvalue weighted by molar-refractivity contribution is 7.09. The predicted molar refractivity (Wildman–Crippen MR) is 71.1 cm³/mol. The van der Waals surface area contributed by atoms with Crippen LogP contribution >= 0.6 is 11.3 Å². The highest BCUT2D eigenvalue weighted by Crippen LogP contribution is 2.32. The van der Waals surface area contributed by atoms with Crippen molar-refractivity contribution in [1.82, 2.24) is 15.6 Å². The van der Waals surface area contributed by atoms with Gasteiger partial charge in [0.05, 0.1) is 0 Å². The minimum atomic E-state index is 0.831.